The van der Waals surface area contributed by atoms with E-state index in [9.17, 15) is 9.18 Å². The number of carbonyl (C=O) groups is 1. The molecule has 5 heteroatoms. The van der Waals surface area contributed by atoms with E-state index in [1.54, 1.807) is 6.07 Å². The van der Waals surface area contributed by atoms with Crippen molar-refractivity contribution >= 4 is 38.0 Å². The monoisotopic (exact) mass is 216 g/mol. The lowest BCUT2D eigenvalue weighted by Crippen LogP contribution is -1.96. The largest absolute Gasteiger partial charge is 0.465 e. The van der Waals surface area contributed by atoms with Crippen LogP contribution in [-0.2, 0) is 4.74 Å². The van der Waals surface area contributed by atoms with E-state index in [1.807, 2.05) is 0 Å². The molecular formula is C8H5FO2S2. The molecule has 2 heterocycles. The average molecular weight is 216 g/mol. The summed E-state index contributed by atoms with van der Waals surface area (Å²) in [4.78, 5) is 11.6. The highest BCUT2D eigenvalue weighted by Gasteiger charge is 2.12. The Balaban J connectivity index is 2.51. The van der Waals surface area contributed by atoms with Crippen LogP contribution in [0.3, 0.4) is 0 Å². The van der Waals surface area contributed by atoms with Crippen molar-refractivity contribution in [3.8, 4) is 0 Å². The predicted molar refractivity (Wildman–Crippen MR) is 51.0 cm³/mol. The third kappa shape index (κ3) is 1.45. The Hall–Kier alpha value is -0.940. The summed E-state index contributed by atoms with van der Waals surface area (Å²) in [5.74, 6) is -0.367. The summed E-state index contributed by atoms with van der Waals surface area (Å²) < 4.78 is 18.0. The second kappa shape index (κ2) is 3.08. The van der Waals surface area contributed by atoms with Crippen molar-refractivity contribution in [2.45, 2.75) is 0 Å². The van der Waals surface area contributed by atoms with E-state index in [2.05, 4.69) is 4.74 Å². The Morgan fingerprint density at radius 2 is 2.23 bits per heavy atom. The molecule has 0 saturated carbocycles. The van der Waals surface area contributed by atoms with Gasteiger partial charge in [-0.05, 0) is 12.1 Å². The molecule has 2 aromatic heterocycles. The van der Waals surface area contributed by atoms with Gasteiger partial charge in [-0.25, -0.2) is 4.79 Å². The van der Waals surface area contributed by atoms with E-state index in [0.717, 1.165) is 20.7 Å². The predicted octanol–water partition coefficient (Wildman–Crippen LogP) is 2.89. The Bertz CT molecular complexity index is 426. The summed E-state index contributed by atoms with van der Waals surface area (Å²) in [6.45, 7) is 0. The summed E-state index contributed by atoms with van der Waals surface area (Å²) in [5, 5.41) is 0.547. The minimum atomic E-state index is -0.367. The van der Waals surface area contributed by atoms with Crippen molar-refractivity contribution < 1.29 is 13.9 Å². The average Bonchev–Trinajstić information content (AvgIpc) is 2.59. The fourth-order valence-corrected chi connectivity index (χ4v) is 3.07. The van der Waals surface area contributed by atoms with Gasteiger partial charge in [0.15, 0.2) is 5.13 Å². The van der Waals surface area contributed by atoms with E-state index in [-0.39, 0.29) is 11.1 Å². The van der Waals surface area contributed by atoms with E-state index in [0.29, 0.717) is 4.88 Å². The maximum Gasteiger partial charge on any atom is 0.348 e. The van der Waals surface area contributed by atoms with Crippen LogP contribution in [0.5, 0.6) is 0 Å². The van der Waals surface area contributed by atoms with Crippen molar-refractivity contribution in [1.82, 2.24) is 0 Å². The molecule has 0 bridgehead atoms. The van der Waals surface area contributed by atoms with Gasteiger partial charge in [0.25, 0.3) is 0 Å². The lowest BCUT2D eigenvalue weighted by atomic mass is 10.4. The second-order valence-corrected chi connectivity index (χ2v) is 4.71. The fraction of sp³-hybridized carbons (Fsp3) is 0.125. The number of fused-ring (bicyclic) bond motifs is 1. The first-order valence-electron chi connectivity index (χ1n) is 3.48. The van der Waals surface area contributed by atoms with Gasteiger partial charge in [0, 0.05) is 5.39 Å². The zero-order valence-electron chi connectivity index (χ0n) is 6.67. The molecule has 0 atom stereocenters. The molecule has 2 aromatic rings. The summed E-state index contributed by atoms with van der Waals surface area (Å²) in [6, 6.07) is 3.06. The number of halogens is 1. The number of carbonyl (C=O) groups excluding carboxylic acids is 1. The quantitative estimate of drug-likeness (QED) is 0.685. The molecule has 0 unspecified atom stereocenters. The van der Waals surface area contributed by atoms with Crippen molar-refractivity contribution in [2.75, 3.05) is 7.11 Å². The third-order valence-electron chi connectivity index (χ3n) is 1.57. The van der Waals surface area contributed by atoms with Crippen molar-refractivity contribution in [1.29, 1.82) is 0 Å². The van der Waals surface area contributed by atoms with Crippen LogP contribution in [-0.4, -0.2) is 13.1 Å². The molecule has 0 radical (unpaired) electrons. The molecule has 0 spiro atoms. The third-order valence-corrected chi connectivity index (χ3v) is 3.73. The molecule has 0 aromatic carbocycles. The van der Waals surface area contributed by atoms with Crippen LogP contribution in [0, 0.1) is 5.13 Å². The number of rotatable bonds is 1. The Kier molecular flexibility index (Phi) is 2.05. The lowest BCUT2D eigenvalue weighted by molar-refractivity contribution is 0.0606. The normalized spacial score (nSPS) is 10.6. The molecule has 2 nitrogen and oxygen atoms in total. The molecule has 0 N–H and O–H groups in total. The van der Waals surface area contributed by atoms with Crippen LogP contribution in [0.25, 0.3) is 9.40 Å². The first-order chi connectivity index (χ1) is 6.20. The van der Waals surface area contributed by atoms with Gasteiger partial charge in [0.1, 0.15) is 4.88 Å². The van der Waals surface area contributed by atoms with Crippen LogP contribution in [0.15, 0.2) is 12.1 Å². The first kappa shape index (κ1) is 8.65. The first-order valence-corrected chi connectivity index (χ1v) is 5.11. The van der Waals surface area contributed by atoms with Gasteiger partial charge < -0.3 is 4.74 Å². The van der Waals surface area contributed by atoms with E-state index < -0.39 is 0 Å². The Labute approximate surface area is 81.6 Å². The Morgan fingerprint density at radius 1 is 1.46 bits per heavy atom. The second-order valence-electron chi connectivity index (χ2n) is 2.40. The summed E-state index contributed by atoms with van der Waals surface area (Å²) in [6.07, 6.45) is 0. The zero-order chi connectivity index (χ0) is 9.42. The van der Waals surface area contributed by atoms with Crippen LogP contribution in [0.4, 0.5) is 4.39 Å². The number of ether oxygens (including phenoxy) is 1. The van der Waals surface area contributed by atoms with Gasteiger partial charge in [-0.2, -0.15) is 4.39 Å². The molecule has 0 aliphatic heterocycles. The molecule has 2 rings (SSSR count). The SMILES string of the molecule is COC(=O)c1cc2cc(F)sc2s1. The minimum Gasteiger partial charge on any atom is -0.465 e. The van der Waals surface area contributed by atoms with Gasteiger partial charge in [-0.1, -0.05) is 11.3 Å². The molecule has 0 aliphatic rings. The van der Waals surface area contributed by atoms with Crippen LogP contribution in [0.1, 0.15) is 9.67 Å². The van der Waals surface area contributed by atoms with Crippen molar-refractivity contribution in [2.24, 2.45) is 0 Å². The molecule has 68 valence electrons. The van der Waals surface area contributed by atoms with Gasteiger partial charge in [-0.3, -0.25) is 0 Å². The van der Waals surface area contributed by atoms with E-state index >= 15 is 0 Å². The topological polar surface area (TPSA) is 26.3 Å². The van der Waals surface area contributed by atoms with Crippen molar-refractivity contribution in [3.63, 3.8) is 0 Å². The number of thiophene rings is 2. The smallest absolute Gasteiger partial charge is 0.348 e. The van der Waals surface area contributed by atoms with Gasteiger partial charge in [-0.15, -0.1) is 11.3 Å². The molecule has 0 aliphatic carbocycles. The lowest BCUT2D eigenvalue weighted by Gasteiger charge is -1.90. The van der Waals surface area contributed by atoms with Gasteiger partial charge in [0.05, 0.1) is 11.1 Å². The molecule has 0 fully saturated rings. The zero-order valence-corrected chi connectivity index (χ0v) is 8.30. The highest BCUT2D eigenvalue weighted by molar-refractivity contribution is 7.38. The summed E-state index contributed by atoms with van der Waals surface area (Å²) in [7, 11) is 1.33. The van der Waals surface area contributed by atoms with Gasteiger partial charge in [0.2, 0.25) is 0 Å². The fourth-order valence-electron chi connectivity index (χ4n) is 1.01. The Morgan fingerprint density at radius 3 is 2.85 bits per heavy atom. The van der Waals surface area contributed by atoms with Crippen LogP contribution in [0.2, 0.25) is 0 Å². The highest BCUT2D eigenvalue weighted by atomic mass is 32.2. The van der Waals surface area contributed by atoms with Crippen LogP contribution >= 0.6 is 22.7 Å². The van der Waals surface area contributed by atoms with Gasteiger partial charge >= 0.3 is 5.97 Å². The number of esters is 1. The standard InChI is InChI=1S/C8H5FO2S2/c1-11-7(10)5-2-4-3-6(9)13-8(4)12-5/h2-3H,1H3. The van der Waals surface area contributed by atoms with E-state index in [4.69, 9.17) is 0 Å². The maximum atomic E-state index is 12.7. The molecule has 13 heavy (non-hydrogen) atoms. The maximum absolute atomic E-state index is 12.7. The minimum absolute atomic E-state index is 0.224. The number of hydrogen-bond acceptors (Lipinski definition) is 4. The number of methoxy groups -OCH3 is 1. The molecule has 0 saturated heterocycles. The van der Waals surface area contributed by atoms with E-state index in [1.165, 1.54) is 24.5 Å². The van der Waals surface area contributed by atoms with Crippen molar-refractivity contribution in [3.05, 3.63) is 22.1 Å². The molecular weight excluding hydrogens is 211 g/mol. The summed E-state index contributed by atoms with van der Waals surface area (Å²) in [5.41, 5.74) is 0. The molecule has 0 amide bonds. The number of hydrogen-bond donors (Lipinski definition) is 0. The van der Waals surface area contributed by atoms with Crippen LogP contribution < -0.4 is 0 Å². The highest BCUT2D eigenvalue weighted by Crippen LogP contribution is 2.32. The summed E-state index contributed by atoms with van der Waals surface area (Å²) >= 11 is 2.30.